The van der Waals surface area contributed by atoms with Crippen molar-refractivity contribution in [2.45, 2.75) is 51.1 Å². The summed E-state index contributed by atoms with van der Waals surface area (Å²) in [4.78, 5) is 23.4. The third-order valence-electron chi connectivity index (χ3n) is 7.31. The van der Waals surface area contributed by atoms with Crippen LogP contribution in [-0.2, 0) is 27.9 Å². The molecule has 4 heterocycles. The Balaban J connectivity index is 1.35. The molecule has 0 radical (unpaired) electrons. The molecule has 1 spiro atoms. The Morgan fingerprint density at radius 2 is 2.00 bits per heavy atom. The molecule has 1 saturated heterocycles. The second kappa shape index (κ2) is 7.89. The van der Waals surface area contributed by atoms with E-state index in [0.29, 0.717) is 48.9 Å². The van der Waals surface area contributed by atoms with Crippen LogP contribution in [0.5, 0.6) is 0 Å². The fourth-order valence-corrected chi connectivity index (χ4v) is 5.31. The van der Waals surface area contributed by atoms with Gasteiger partial charge in [-0.15, -0.1) is 0 Å². The number of rotatable bonds is 4. The Hall–Kier alpha value is -3.21. The van der Waals surface area contributed by atoms with E-state index in [0.717, 1.165) is 24.6 Å². The van der Waals surface area contributed by atoms with E-state index < -0.39 is 29.2 Å². The van der Waals surface area contributed by atoms with Crippen LogP contribution in [-0.4, -0.2) is 45.0 Å². The molecule has 1 N–H and O–H groups in total. The number of ether oxygens (including phenoxy) is 1. The number of likely N-dealkylation sites (tertiary alicyclic amines) is 1. The summed E-state index contributed by atoms with van der Waals surface area (Å²) in [5.41, 5.74) is -0.457. The number of fused-ring (bicyclic) bond motifs is 4. The van der Waals surface area contributed by atoms with Crippen molar-refractivity contribution in [3.05, 3.63) is 52.7 Å². The minimum absolute atomic E-state index is 0.105. The van der Waals surface area contributed by atoms with Crippen molar-refractivity contribution >= 4 is 22.8 Å². The molecule has 3 aromatic rings. The molecule has 1 amide bonds. The molecule has 190 valence electrons. The van der Waals surface area contributed by atoms with Crippen LogP contribution in [0, 0.1) is 18.7 Å². The first-order valence-electron chi connectivity index (χ1n) is 12.0. The normalized spacial score (nSPS) is 19.8. The van der Waals surface area contributed by atoms with E-state index in [9.17, 15) is 22.4 Å². The molecule has 6 rings (SSSR count). The van der Waals surface area contributed by atoms with Gasteiger partial charge in [0.05, 0.1) is 42.4 Å². The smallest absolute Gasteiger partial charge is 0.363 e. The average molecular weight is 504 g/mol. The van der Waals surface area contributed by atoms with Crippen molar-refractivity contribution < 1.29 is 27.1 Å². The predicted molar refractivity (Wildman–Crippen MR) is 123 cm³/mol. The van der Waals surface area contributed by atoms with Gasteiger partial charge in [0, 0.05) is 18.0 Å². The van der Waals surface area contributed by atoms with Crippen molar-refractivity contribution in [2.75, 3.05) is 25.0 Å². The maximum atomic E-state index is 14.8. The minimum Gasteiger partial charge on any atom is -0.363 e. The van der Waals surface area contributed by atoms with E-state index in [1.165, 1.54) is 12.1 Å². The van der Waals surface area contributed by atoms with Gasteiger partial charge in [-0.3, -0.25) is 4.79 Å². The van der Waals surface area contributed by atoms with Gasteiger partial charge >= 0.3 is 6.18 Å². The highest BCUT2D eigenvalue weighted by Crippen LogP contribution is 2.44. The molecule has 3 aliphatic rings. The van der Waals surface area contributed by atoms with Gasteiger partial charge in [-0.1, -0.05) is 12.1 Å². The Kier molecular flexibility index (Phi) is 5.09. The number of amides is 1. The van der Waals surface area contributed by atoms with Crippen LogP contribution in [0.2, 0.25) is 0 Å². The van der Waals surface area contributed by atoms with Gasteiger partial charge in [0.15, 0.2) is 0 Å². The third kappa shape index (κ3) is 3.63. The summed E-state index contributed by atoms with van der Waals surface area (Å²) in [6.45, 7) is 5.31. The average Bonchev–Trinajstić information content (AvgIpc) is 3.57. The van der Waals surface area contributed by atoms with Crippen LogP contribution >= 0.6 is 0 Å². The molecule has 1 saturated carbocycles. The topological polar surface area (TPSA) is 72.3 Å². The van der Waals surface area contributed by atoms with Gasteiger partial charge in [0.1, 0.15) is 28.7 Å². The molecule has 1 aromatic carbocycles. The van der Waals surface area contributed by atoms with E-state index >= 15 is 0 Å². The van der Waals surface area contributed by atoms with Crippen LogP contribution < -0.4 is 5.32 Å². The van der Waals surface area contributed by atoms with Crippen molar-refractivity contribution in [1.82, 2.24) is 19.4 Å². The number of nitrogens with zero attached hydrogens (tertiary/aromatic N) is 4. The first-order chi connectivity index (χ1) is 17.1. The number of carbonyl (C=O) groups is 1. The Labute approximate surface area is 204 Å². The van der Waals surface area contributed by atoms with Gasteiger partial charge in [0.2, 0.25) is 5.91 Å². The molecular formula is C25H25F4N5O2. The first kappa shape index (κ1) is 23.2. The highest BCUT2D eigenvalue weighted by molar-refractivity contribution is 5.89. The monoisotopic (exact) mass is 503 g/mol. The summed E-state index contributed by atoms with van der Waals surface area (Å²) in [7, 11) is 0. The predicted octanol–water partition coefficient (Wildman–Crippen LogP) is 4.55. The molecule has 7 nitrogen and oxygen atoms in total. The van der Waals surface area contributed by atoms with Crippen LogP contribution in [0.25, 0.3) is 11.0 Å². The number of hydrogen-bond acceptors (Lipinski definition) is 5. The van der Waals surface area contributed by atoms with E-state index in [1.807, 2.05) is 11.0 Å². The summed E-state index contributed by atoms with van der Waals surface area (Å²) in [5.74, 6) is -0.108. The summed E-state index contributed by atoms with van der Waals surface area (Å²) in [5, 5.41) is 3.78. The van der Waals surface area contributed by atoms with Gasteiger partial charge in [-0.05, 0) is 38.8 Å². The Morgan fingerprint density at radius 3 is 2.69 bits per heavy atom. The zero-order chi connectivity index (χ0) is 25.4. The van der Waals surface area contributed by atoms with Crippen molar-refractivity contribution in [2.24, 2.45) is 5.92 Å². The van der Waals surface area contributed by atoms with Crippen LogP contribution in [0.15, 0.2) is 24.3 Å². The molecule has 0 unspecified atom stereocenters. The Morgan fingerprint density at radius 1 is 1.25 bits per heavy atom. The number of anilines is 1. The second-order valence-electron chi connectivity index (χ2n) is 9.92. The van der Waals surface area contributed by atoms with E-state index in [-0.39, 0.29) is 17.4 Å². The highest BCUT2D eigenvalue weighted by Gasteiger charge is 2.53. The van der Waals surface area contributed by atoms with Gasteiger partial charge in [-0.2, -0.15) is 13.2 Å². The zero-order valence-corrected chi connectivity index (χ0v) is 19.8. The molecule has 11 heteroatoms. The molecule has 1 aliphatic carbocycles. The quantitative estimate of drug-likeness (QED) is 0.529. The second-order valence-corrected chi connectivity index (χ2v) is 9.92. The van der Waals surface area contributed by atoms with E-state index in [1.54, 1.807) is 13.8 Å². The zero-order valence-electron chi connectivity index (χ0n) is 19.8. The van der Waals surface area contributed by atoms with Crippen LogP contribution in [0.3, 0.4) is 0 Å². The van der Waals surface area contributed by atoms with Crippen LogP contribution in [0.1, 0.15) is 48.5 Å². The standard InChI is InChI=1S/C25H25F4N5O2/c1-13(16-4-3-5-18(20(16)26)25(27,28)29)30-21-17-10-19-24(11-33(12-24)23(35)15-6-7-15)36-9-8-34(19)22(17)32-14(2)31-21/h3-5,10,13,15H,6-9,11-12H2,1-2H3,(H,30,31,32)/t13-/m1/s1. The lowest BCUT2D eigenvalue weighted by molar-refractivity contribution is -0.183. The lowest BCUT2D eigenvalue weighted by Gasteiger charge is -2.51. The molecule has 36 heavy (non-hydrogen) atoms. The number of benzene rings is 1. The van der Waals surface area contributed by atoms with Crippen molar-refractivity contribution in [1.29, 1.82) is 0 Å². The highest BCUT2D eigenvalue weighted by atomic mass is 19.4. The van der Waals surface area contributed by atoms with E-state index in [2.05, 4.69) is 19.9 Å². The largest absolute Gasteiger partial charge is 0.419 e. The summed E-state index contributed by atoms with van der Waals surface area (Å²) in [6.07, 6.45) is -2.90. The summed E-state index contributed by atoms with van der Waals surface area (Å²) < 4.78 is 62.7. The number of nitrogens with one attached hydrogen (secondary N) is 1. The minimum atomic E-state index is -4.79. The first-order valence-corrected chi connectivity index (χ1v) is 12.0. The van der Waals surface area contributed by atoms with Gasteiger partial charge in [-0.25, -0.2) is 14.4 Å². The SMILES string of the molecule is Cc1nc(N[C@H](C)c2cccc(C(F)(F)F)c2F)c2cc3n(c2n1)CCOC31CN(C(=O)C2CC2)C1. The molecule has 2 aliphatic heterocycles. The van der Waals surface area contributed by atoms with Gasteiger partial charge in [0.25, 0.3) is 0 Å². The van der Waals surface area contributed by atoms with Gasteiger partial charge < -0.3 is 19.5 Å². The number of hydrogen-bond donors (Lipinski definition) is 1. The fourth-order valence-electron chi connectivity index (χ4n) is 5.31. The number of aromatic nitrogens is 3. The third-order valence-corrected chi connectivity index (χ3v) is 7.31. The lowest BCUT2D eigenvalue weighted by Crippen LogP contribution is -2.64. The molecule has 2 aromatic heterocycles. The van der Waals surface area contributed by atoms with Crippen molar-refractivity contribution in [3.8, 4) is 0 Å². The number of halogens is 4. The number of alkyl halides is 3. The number of aryl methyl sites for hydroxylation is 1. The number of carbonyl (C=O) groups excluding carboxylic acids is 1. The fraction of sp³-hybridized carbons (Fsp3) is 0.480. The molecule has 0 bridgehead atoms. The summed E-state index contributed by atoms with van der Waals surface area (Å²) >= 11 is 0. The van der Waals surface area contributed by atoms with Crippen molar-refractivity contribution in [3.63, 3.8) is 0 Å². The molecule has 1 atom stereocenters. The molecule has 2 fully saturated rings. The Bertz CT molecular complexity index is 1380. The summed E-state index contributed by atoms with van der Waals surface area (Å²) in [6, 6.07) is 4.40. The maximum Gasteiger partial charge on any atom is 0.419 e. The van der Waals surface area contributed by atoms with Crippen LogP contribution in [0.4, 0.5) is 23.4 Å². The van der Waals surface area contributed by atoms with E-state index in [4.69, 9.17) is 4.74 Å². The maximum absolute atomic E-state index is 14.8. The lowest BCUT2D eigenvalue weighted by atomic mass is 9.88. The molecular weight excluding hydrogens is 478 g/mol.